The van der Waals surface area contributed by atoms with Gasteiger partial charge in [-0.15, -0.1) is 0 Å². The van der Waals surface area contributed by atoms with Crippen LogP contribution in [0.25, 0.3) is 0 Å². The van der Waals surface area contributed by atoms with E-state index in [1.165, 1.54) is 18.5 Å². The Balaban J connectivity index is 3.08. The van der Waals surface area contributed by atoms with E-state index in [9.17, 15) is 13.2 Å². The maximum atomic E-state index is 11.1. The number of rotatable bonds is 3. The van der Waals surface area contributed by atoms with E-state index in [0.29, 0.717) is 5.56 Å². The third-order valence-corrected chi connectivity index (χ3v) is 2.66. The molecule has 14 heavy (non-hydrogen) atoms. The Bertz CT molecular complexity index is 453. The number of nitrogens with two attached hydrogens (primary N) is 1. The third kappa shape index (κ3) is 2.81. The first-order chi connectivity index (χ1) is 6.39. The van der Waals surface area contributed by atoms with Crippen LogP contribution in [-0.4, -0.2) is 25.6 Å². The van der Waals surface area contributed by atoms with Gasteiger partial charge in [0.1, 0.15) is 0 Å². The van der Waals surface area contributed by atoms with Crippen molar-refractivity contribution in [1.29, 1.82) is 0 Å². The number of hydrogen-bond acceptors (Lipinski definition) is 4. The molecule has 1 amide bonds. The van der Waals surface area contributed by atoms with Crippen molar-refractivity contribution in [2.75, 3.05) is 6.26 Å². The number of aromatic nitrogens is 1. The van der Waals surface area contributed by atoms with Crippen molar-refractivity contribution in [2.45, 2.75) is 11.3 Å². The Morgan fingerprint density at radius 1 is 1.50 bits per heavy atom. The summed E-state index contributed by atoms with van der Waals surface area (Å²) in [6, 6.07) is 1.40. The first-order valence-electron chi connectivity index (χ1n) is 3.82. The maximum Gasteiger partial charge on any atom is 0.221 e. The normalized spacial score (nSPS) is 11.2. The molecule has 0 aliphatic heterocycles. The second kappa shape index (κ2) is 3.75. The van der Waals surface area contributed by atoms with Crippen LogP contribution in [-0.2, 0) is 21.1 Å². The summed E-state index contributed by atoms with van der Waals surface area (Å²) in [4.78, 5) is 14.4. The molecule has 0 radical (unpaired) electrons. The molecule has 0 atom stereocenters. The summed E-state index contributed by atoms with van der Waals surface area (Å²) >= 11 is 0. The van der Waals surface area contributed by atoms with Gasteiger partial charge < -0.3 is 5.73 Å². The summed E-state index contributed by atoms with van der Waals surface area (Å²) < 4.78 is 22.2. The molecule has 76 valence electrons. The first-order valence-corrected chi connectivity index (χ1v) is 5.71. The van der Waals surface area contributed by atoms with Crippen LogP contribution in [0.2, 0.25) is 0 Å². The number of nitrogens with zero attached hydrogens (tertiary/aromatic N) is 1. The minimum absolute atomic E-state index is 0.00361. The zero-order valence-corrected chi connectivity index (χ0v) is 8.41. The molecule has 0 saturated heterocycles. The number of hydrogen-bond donors (Lipinski definition) is 1. The molecule has 0 aliphatic rings. The van der Waals surface area contributed by atoms with Crippen molar-refractivity contribution in [3.8, 4) is 0 Å². The van der Waals surface area contributed by atoms with Crippen molar-refractivity contribution < 1.29 is 13.2 Å². The molecule has 0 saturated carbocycles. The topological polar surface area (TPSA) is 90.1 Å². The average molecular weight is 214 g/mol. The summed E-state index contributed by atoms with van der Waals surface area (Å²) in [6.45, 7) is 0. The highest BCUT2D eigenvalue weighted by atomic mass is 32.2. The van der Waals surface area contributed by atoms with Crippen LogP contribution < -0.4 is 5.73 Å². The Hall–Kier alpha value is -1.43. The number of carbonyl (C=O) groups excluding carboxylic acids is 1. The largest absolute Gasteiger partial charge is 0.369 e. The van der Waals surface area contributed by atoms with Gasteiger partial charge in [-0.3, -0.25) is 9.78 Å². The third-order valence-electron chi connectivity index (χ3n) is 1.58. The summed E-state index contributed by atoms with van der Waals surface area (Å²) in [5.41, 5.74) is 5.47. The van der Waals surface area contributed by atoms with Gasteiger partial charge in [0.2, 0.25) is 5.91 Å². The predicted molar refractivity (Wildman–Crippen MR) is 50.2 cm³/mol. The number of primary amides is 1. The Morgan fingerprint density at radius 3 is 2.64 bits per heavy atom. The van der Waals surface area contributed by atoms with Crippen molar-refractivity contribution in [1.82, 2.24) is 4.98 Å². The number of pyridine rings is 1. The highest BCUT2D eigenvalue weighted by molar-refractivity contribution is 7.90. The van der Waals surface area contributed by atoms with Gasteiger partial charge in [0.15, 0.2) is 9.84 Å². The quantitative estimate of drug-likeness (QED) is 0.735. The molecule has 0 fully saturated rings. The van der Waals surface area contributed by atoms with Gasteiger partial charge in [-0.1, -0.05) is 0 Å². The van der Waals surface area contributed by atoms with Gasteiger partial charge in [-0.25, -0.2) is 8.42 Å². The zero-order chi connectivity index (χ0) is 10.8. The smallest absolute Gasteiger partial charge is 0.221 e. The molecule has 0 aromatic carbocycles. The molecule has 1 aromatic heterocycles. The van der Waals surface area contributed by atoms with Crippen molar-refractivity contribution in [2.24, 2.45) is 5.73 Å². The number of amides is 1. The van der Waals surface area contributed by atoms with E-state index in [1.807, 2.05) is 0 Å². The average Bonchev–Trinajstić information content (AvgIpc) is 2.01. The molecule has 5 nitrogen and oxygen atoms in total. The van der Waals surface area contributed by atoms with Gasteiger partial charge in [-0.05, 0) is 11.6 Å². The lowest BCUT2D eigenvalue weighted by Crippen LogP contribution is -2.14. The lowest BCUT2D eigenvalue weighted by atomic mass is 10.2. The first kappa shape index (κ1) is 10.6. The van der Waals surface area contributed by atoms with E-state index >= 15 is 0 Å². The van der Waals surface area contributed by atoms with Crippen molar-refractivity contribution in [3.63, 3.8) is 0 Å². The van der Waals surface area contributed by atoms with Crippen LogP contribution in [0.4, 0.5) is 0 Å². The van der Waals surface area contributed by atoms with Crippen LogP contribution in [0.15, 0.2) is 23.4 Å². The van der Waals surface area contributed by atoms with E-state index in [2.05, 4.69) is 4.98 Å². The molecule has 6 heteroatoms. The van der Waals surface area contributed by atoms with Gasteiger partial charge >= 0.3 is 0 Å². The Morgan fingerprint density at radius 2 is 2.14 bits per heavy atom. The van der Waals surface area contributed by atoms with Crippen LogP contribution in [0.5, 0.6) is 0 Å². The van der Waals surface area contributed by atoms with Gasteiger partial charge in [0, 0.05) is 18.6 Å². The highest BCUT2D eigenvalue weighted by Gasteiger charge is 2.08. The van der Waals surface area contributed by atoms with Crippen LogP contribution in [0.1, 0.15) is 5.56 Å². The lowest BCUT2D eigenvalue weighted by molar-refractivity contribution is -0.117. The summed E-state index contributed by atoms with van der Waals surface area (Å²) in [7, 11) is -3.28. The second-order valence-corrected chi connectivity index (χ2v) is 4.96. The molecule has 0 spiro atoms. The fourth-order valence-electron chi connectivity index (χ4n) is 0.964. The van der Waals surface area contributed by atoms with E-state index in [1.54, 1.807) is 0 Å². The van der Waals surface area contributed by atoms with Crippen LogP contribution in [0, 0.1) is 0 Å². The highest BCUT2D eigenvalue weighted by Crippen LogP contribution is 2.09. The minimum Gasteiger partial charge on any atom is -0.369 e. The van der Waals surface area contributed by atoms with Gasteiger partial charge in [0.05, 0.1) is 11.3 Å². The van der Waals surface area contributed by atoms with E-state index in [0.717, 1.165) is 6.26 Å². The molecule has 0 unspecified atom stereocenters. The second-order valence-electron chi connectivity index (χ2n) is 2.94. The van der Waals surface area contributed by atoms with E-state index < -0.39 is 15.7 Å². The molecular weight excluding hydrogens is 204 g/mol. The lowest BCUT2D eigenvalue weighted by Gasteiger charge is -2.00. The SMILES string of the molecule is CS(=O)(=O)c1cncc(CC(N)=O)c1. The molecule has 0 aliphatic carbocycles. The van der Waals surface area contributed by atoms with Crippen LogP contribution >= 0.6 is 0 Å². The Labute approximate surface area is 81.9 Å². The Kier molecular flexibility index (Phi) is 2.85. The fourth-order valence-corrected chi connectivity index (χ4v) is 1.58. The maximum absolute atomic E-state index is 11.1. The van der Waals surface area contributed by atoms with E-state index in [4.69, 9.17) is 5.73 Å². The summed E-state index contributed by atoms with van der Waals surface area (Å²) in [5, 5.41) is 0. The zero-order valence-electron chi connectivity index (χ0n) is 7.60. The minimum atomic E-state index is -3.28. The monoisotopic (exact) mass is 214 g/mol. The summed E-state index contributed by atoms with van der Waals surface area (Å²) in [6.07, 6.45) is 3.73. The van der Waals surface area contributed by atoms with Crippen molar-refractivity contribution in [3.05, 3.63) is 24.0 Å². The van der Waals surface area contributed by atoms with Gasteiger partial charge in [0.25, 0.3) is 0 Å². The molecule has 1 aromatic rings. The van der Waals surface area contributed by atoms with Crippen LogP contribution in [0.3, 0.4) is 0 Å². The number of carbonyl (C=O) groups is 1. The fraction of sp³-hybridized carbons (Fsp3) is 0.250. The van der Waals surface area contributed by atoms with Gasteiger partial charge in [-0.2, -0.15) is 0 Å². The molecule has 0 bridgehead atoms. The molecule has 1 rings (SSSR count). The van der Waals surface area contributed by atoms with E-state index in [-0.39, 0.29) is 11.3 Å². The molecule has 2 N–H and O–H groups in total. The standard InChI is InChI=1S/C8H10N2O3S/c1-14(12,13)7-2-6(3-8(9)11)4-10-5-7/h2,4-5H,3H2,1H3,(H2,9,11). The van der Waals surface area contributed by atoms with Crippen molar-refractivity contribution >= 4 is 15.7 Å². The summed E-state index contributed by atoms with van der Waals surface area (Å²) in [5.74, 6) is -0.516. The predicted octanol–water partition coefficient (Wildman–Crippen LogP) is -0.487. The molecular formula is C8H10N2O3S. The number of sulfone groups is 1. The molecule has 1 heterocycles.